The molecule has 2 aromatic rings. The summed E-state index contributed by atoms with van der Waals surface area (Å²) in [4.78, 5) is 3.28. The van der Waals surface area contributed by atoms with Crippen LogP contribution in [0.1, 0.15) is 24.0 Å². The highest BCUT2D eigenvalue weighted by molar-refractivity contribution is 7.71. The summed E-state index contributed by atoms with van der Waals surface area (Å²) in [5.74, 6) is 0. The van der Waals surface area contributed by atoms with Gasteiger partial charge in [0.05, 0.1) is 11.0 Å². The van der Waals surface area contributed by atoms with E-state index in [2.05, 4.69) is 35.5 Å². The Balaban J connectivity index is 2.29. The third-order valence-corrected chi connectivity index (χ3v) is 3.69. The van der Waals surface area contributed by atoms with Crippen LogP contribution in [0.5, 0.6) is 0 Å². The number of unbranched alkanes of at least 4 members (excludes halogenated alkanes) is 1. The molecule has 98 valence electrons. The van der Waals surface area contributed by atoms with Gasteiger partial charge < -0.3 is 14.3 Å². The molecule has 1 N–H and O–H groups in total. The smallest absolute Gasteiger partial charge is 0.178 e. The molecule has 18 heavy (non-hydrogen) atoms. The maximum atomic E-state index is 5.39. The molecule has 1 aromatic carbocycles. The van der Waals surface area contributed by atoms with Crippen LogP contribution in [0, 0.1) is 18.6 Å². The molecule has 0 unspecified atom stereocenters. The SMILES string of the molecule is COCCCCn1c(=S)[nH]c2cc(C)c(C)cc21. The maximum Gasteiger partial charge on any atom is 0.178 e. The van der Waals surface area contributed by atoms with Crippen LogP contribution in [-0.2, 0) is 11.3 Å². The summed E-state index contributed by atoms with van der Waals surface area (Å²) in [7, 11) is 1.74. The zero-order valence-electron chi connectivity index (χ0n) is 11.2. The van der Waals surface area contributed by atoms with Gasteiger partial charge in [0.2, 0.25) is 0 Å². The quantitative estimate of drug-likeness (QED) is 0.658. The normalized spacial score (nSPS) is 11.3. The number of hydrogen-bond acceptors (Lipinski definition) is 2. The van der Waals surface area contributed by atoms with Gasteiger partial charge in [-0.1, -0.05) is 0 Å². The molecule has 0 atom stereocenters. The van der Waals surface area contributed by atoms with Crippen LogP contribution in [0.25, 0.3) is 11.0 Å². The van der Waals surface area contributed by atoms with Crippen molar-refractivity contribution in [2.24, 2.45) is 0 Å². The number of ether oxygens (including phenoxy) is 1. The number of aryl methyl sites for hydroxylation is 3. The van der Waals surface area contributed by atoms with Gasteiger partial charge in [-0.25, -0.2) is 0 Å². The molecule has 0 saturated carbocycles. The first-order valence-electron chi connectivity index (χ1n) is 6.32. The van der Waals surface area contributed by atoms with Crippen molar-refractivity contribution in [3.05, 3.63) is 28.0 Å². The van der Waals surface area contributed by atoms with Gasteiger partial charge >= 0.3 is 0 Å². The number of H-pyrrole nitrogens is 1. The van der Waals surface area contributed by atoms with E-state index in [-0.39, 0.29) is 0 Å². The summed E-state index contributed by atoms with van der Waals surface area (Å²) < 4.78 is 8.07. The van der Waals surface area contributed by atoms with Crippen LogP contribution in [0.2, 0.25) is 0 Å². The van der Waals surface area contributed by atoms with Crippen molar-refractivity contribution in [1.29, 1.82) is 0 Å². The van der Waals surface area contributed by atoms with Crippen molar-refractivity contribution in [2.45, 2.75) is 33.2 Å². The molecule has 0 saturated heterocycles. The Bertz CT molecular complexity index is 598. The lowest BCUT2D eigenvalue weighted by molar-refractivity contribution is 0.191. The average molecular weight is 264 g/mol. The topological polar surface area (TPSA) is 29.9 Å². The number of nitrogens with one attached hydrogen (secondary N) is 1. The van der Waals surface area contributed by atoms with E-state index in [0.717, 1.165) is 36.3 Å². The van der Waals surface area contributed by atoms with E-state index in [9.17, 15) is 0 Å². The van der Waals surface area contributed by atoms with Crippen molar-refractivity contribution >= 4 is 23.3 Å². The Kier molecular flexibility index (Phi) is 4.19. The second-order valence-electron chi connectivity index (χ2n) is 4.74. The zero-order chi connectivity index (χ0) is 13.1. The number of fused-ring (bicyclic) bond motifs is 1. The first kappa shape index (κ1) is 13.3. The first-order valence-corrected chi connectivity index (χ1v) is 6.73. The van der Waals surface area contributed by atoms with Crippen LogP contribution < -0.4 is 0 Å². The first-order chi connectivity index (χ1) is 8.63. The minimum atomic E-state index is 0.812. The minimum absolute atomic E-state index is 0.812. The Morgan fingerprint density at radius 2 is 1.94 bits per heavy atom. The Morgan fingerprint density at radius 1 is 1.22 bits per heavy atom. The molecule has 0 aliphatic carbocycles. The summed E-state index contributed by atoms with van der Waals surface area (Å²) in [6.45, 7) is 6.03. The Labute approximate surface area is 113 Å². The highest BCUT2D eigenvalue weighted by atomic mass is 32.1. The van der Waals surface area contributed by atoms with Gasteiger partial charge in [-0.3, -0.25) is 0 Å². The number of aromatic nitrogens is 2. The Hall–Kier alpha value is -1.13. The van der Waals surface area contributed by atoms with Gasteiger partial charge in [0.15, 0.2) is 4.77 Å². The molecular weight excluding hydrogens is 244 g/mol. The van der Waals surface area contributed by atoms with E-state index in [1.807, 2.05) is 0 Å². The van der Waals surface area contributed by atoms with E-state index >= 15 is 0 Å². The van der Waals surface area contributed by atoms with Crippen molar-refractivity contribution in [3.8, 4) is 0 Å². The molecule has 0 radical (unpaired) electrons. The molecule has 3 nitrogen and oxygen atoms in total. The standard InChI is InChI=1S/C14H20N2OS/c1-10-8-12-13(9-11(10)2)16(14(18)15-12)6-4-5-7-17-3/h8-9H,4-7H2,1-3H3,(H,15,18). The lowest BCUT2D eigenvalue weighted by Gasteiger charge is -2.06. The zero-order valence-corrected chi connectivity index (χ0v) is 12.1. The molecular formula is C14H20N2OS. The third-order valence-electron chi connectivity index (χ3n) is 3.37. The second kappa shape index (κ2) is 5.67. The van der Waals surface area contributed by atoms with Crippen molar-refractivity contribution < 1.29 is 4.74 Å². The average Bonchev–Trinajstić information content (AvgIpc) is 2.62. The summed E-state index contributed by atoms with van der Waals surface area (Å²) >= 11 is 5.39. The summed E-state index contributed by atoms with van der Waals surface area (Å²) in [5.41, 5.74) is 4.95. The molecule has 0 aliphatic heterocycles. The summed E-state index contributed by atoms with van der Waals surface area (Å²) in [6.07, 6.45) is 2.15. The van der Waals surface area contributed by atoms with Crippen molar-refractivity contribution in [3.63, 3.8) is 0 Å². The fourth-order valence-corrected chi connectivity index (χ4v) is 2.45. The van der Waals surface area contributed by atoms with Gasteiger partial charge in [-0.15, -0.1) is 0 Å². The van der Waals surface area contributed by atoms with Gasteiger partial charge in [-0.2, -0.15) is 0 Å². The lowest BCUT2D eigenvalue weighted by Crippen LogP contribution is -2.00. The highest BCUT2D eigenvalue weighted by Gasteiger charge is 2.06. The fourth-order valence-electron chi connectivity index (χ4n) is 2.15. The third kappa shape index (κ3) is 2.65. The number of rotatable bonds is 5. The molecule has 2 rings (SSSR count). The highest BCUT2D eigenvalue weighted by Crippen LogP contribution is 2.19. The molecule has 0 aliphatic rings. The van der Waals surface area contributed by atoms with Crippen LogP contribution in [0.3, 0.4) is 0 Å². The van der Waals surface area contributed by atoms with Gasteiger partial charge in [0, 0.05) is 20.3 Å². The number of nitrogens with zero attached hydrogens (tertiary/aromatic N) is 1. The number of methoxy groups -OCH3 is 1. The predicted molar refractivity (Wildman–Crippen MR) is 77.7 cm³/mol. The molecule has 0 fully saturated rings. The number of hydrogen-bond donors (Lipinski definition) is 1. The van der Waals surface area contributed by atoms with Crippen LogP contribution >= 0.6 is 12.2 Å². The molecule has 0 spiro atoms. The van der Waals surface area contributed by atoms with Gasteiger partial charge in [0.25, 0.3) is 0 Å². The number of aromatic amines is 1. The monoisotopic (exact) mass is 264 g/mol. The van der Waals surface area contributed by atoms with Gasteiger partial charge in [0.1, 0.15) is 0 Å². The number of benzene rings is 1. The molecule has 0 amide bonds. The largest absolute Gasteiger partial charge is 0.385 e. The van der Waals surface area contributed by atoms with Crippen LogP contribution in [-0.4, -0.2) is 23.3 Å². The summed E-state index contributed by atoms with van der Waals surface area (Å²) in [6, 6.07) is 4.39. The summed E-state index contributed by atoms with van der Waals surface area (Å²) in [5, 5.41) is 0. The van der Waals surface area contributed by atoms with Gasteiger partial charge in [-0.05, 0) is 62.2 Å². The molecule has 0 bridgehead atoms. The lowest BCUT2D eigenvalue weighted by atomic mass is 10.1. The second-order valence-corrected chi connectivity index (χ2v) is 5.12. The van der Waals surface area contributed by atoms with E-state index < -0.39 is 0 Å². The van der Waals surface area contributed by atoms with Crippen LogP contribution in [0.15, 0.2) is 12.1 Å². The van der Waals surface area contributed by atoms with Crippen LogP contribution in [0.4, 0.5) is 0 Å². The van der Waals surface area contributed by atoms with Crippen molar-refractivity contribution in [2.75, 3.05) is 13.7 Å². The Morgan fingerprint density at radius 3 is 2.67 bits per heavy atom. The molecule has 1 aromatic heterocycles. The predicted octanol–water partition coefficient (Wildman–Crippen LogP) is 3.74. The van der Waals surface area contributed by atoms with Crippen molar-refractivity contribution in [1.82, 2.24) is 9.55 Å². The van der Waals surface area contributed by atoms with E-state index in [4.69, 9.17) is 17.0 Å². The molecule has 4 heteroatoms. The maximum absolute atomic E-state index is 5.39. The van der Waals surface area contributed by atoms with E-state index in [1.54, 1.807) is 7.11 Å². The minimum Gasteiger partial charge on any atom is -0.385 e. The number of imidazole rings is 1. The molecule has 1 heterocycles. The van der Waals surface area contributed by atoms with E-state index in [0.29, 0.717) is 0 Å². The fraction of sp³-hybridized carbons (Fsp3) is 0.500. The van der Waals surface area contributed by atoms with E-state index in [1.165, 1.54) is 16.6 Å².